The van der Waals surface area contributed by atoms with E-state index < -0.39 is 0 Å². The molecular weight excluding hydrogens is 372 g/mol. The second kappa shape index (κ2) is 11.2. The van der Waals surface area contributed by atoms with Gasteiger partial charge < -0.3 is 10.1 Å². The SMILES string of the molecule is CCCOc1ccccc1C(=O)NC[C@H](c1ccc(C(C)C)cc1)N1CCCCC1. The Morgan fingerprint density at radius 2 is 1.67 bits per heavy atom. The Morgan fingerprint density at radius 1 is 1.00 bits per heavy atom. The Morgan fingerprint density at radius 3 is 2.33 bits per heavy atom. The number of nitrogens with one attached hydrogen (secondary N) is 1. The lowest BCUT2D eigenvalue weighted by atomic mass is 9.97. The van der Waals surface area contributed by atoms with Gasteiger partial charge in [-0.05, 0) is 61.5 Å². The van der Waals surface area contributed by atoms with Crippen molar-refractivity contribution in [1.29, 1.82) is 0 Å². The summed E-state index contributed by atoms with van der Waals surface area (Å²) in [5.41, 5.74) is 3.23. The van der Waals surface area contributed by atoms with Gasteiger partial charge in [0, 0.05) is 6.54 Å². The Balaban J connectivity index is 1.74. The van der Waals surface area contributed by atoms with Gasteiger partial charge in [0.05, 0.1) is 18.2 Å². The van der Waals surface area contributed by atoms with Crippen LogP contribution in [0.25, 0.3) is 0 Å². The number of benzene rings is 2. The van der Waals surface area contributed by atoms with Crippen LogP contribution in [0.5, 0.6) is 5.75 Å². The fourth-order valence-corrected chi connectivity index (χ4v) is 4.07. The van der Waals surface area contributed by atoms with Crippen LogP contribution >= 0.6 is 0 Å². The lowest BCUT2D eigenvalue weighted by Crippen LogP contribution is -2.40. The number of carbonyl (C=O) groups excluding carboxylic acids is 1. The van der Waals surface area contributed by atoms with E-state index in [1.807, 2.05) is 24.3 Å². The molecule has 0 saturated carbocycles. The van der Waals surface area contributed by atoms with Crippen LogP contribution in [0.4, 0.5) is 0 Å². The lowest BCUT2D eigenvalue weighted by molar-refractivity contribution is 0.0920. The molecule has 0 aliphatic carbocycles. The minimum absolute atomic E-state index is 0.0671. The van der Waals surface area contributed by atoms with Crippen molar-refractivity contribution in [3.8, 4) is 5.75 Å². The molecule has 1 heterocycles. The highest BCUT2D eigenvalue weighted by molar-refractivity contribution is 5.96. The zero-order valence-corrected chi connectivity index (χ0v) is 18.7. The van der Waals surface area contributed by atoms with Gasteiger partial charge in [-0.2, -0.15) is 0 Å². The molecule has 0 bridgehead atoms. The van der Waals surface area contributed by atoms with Crippen molar-refractivity contribution < 1.29 is 9.53 Å². The smallest absolute Gasteiger partial charge is 0.255 e. The van der Waals surface area contributed by atoms with Gasteiger partial charge in [0.2, 0.25) is 0 Å². The zero-order chi connectivity index (χ0) is 21.3. The molecule has 3 rings (SSSR count). The number of nitrogens with zero attached hydrogens (tertiary/aromatic N) is 1. The van der Waals surface area contributed by atoms with E-state index in [4.69, 9.17) is 4.74 Å². The molecule has 162 valence electrons. The Bertz CT molecular complexity index is 795. The maximum absolute atomic E-state index is 13.0. The summed E-state index contributed by atoms with van der Waals surface area (Å²) in [5.74, 6) is 1.11. The third-order valence-electron chi connectivity index (χ3n) is 5.87. The Labute approximate surface area is 181 Å². The molecule has 0 unspecified atom stereocenters. The summed E-state index contributed by atoms with van der Waals surface area (Å²) in [7, 11) is 0. The molecule has 1 aliphatic heterocycles. The number of amides is 1. The second-order valence-corrected chi connectivity index (χ2v) is 8.49. The molecular formula is C26H36N2O2. The van der Waals surface area contributed by atoms with Crippen molar-refractivity contribution in [2.24, 2.45) is 0 Å². The highest BCUT2D eigenvalue weighted by Crippen LogP contribution is 2.26. The van der Waals surface area contributed by atoms with Crippen LogP contribution in [0.2, 0.25) is 0 Å². The number of carbonyl (C=O) groups is 1. The normalized spacial score (nSPS) is 15.7. The van der Waals surface area contributed by atoms with E-state index in [9.17, 15) is 4.79 Å². The lowest BCUT2D eigenvalue weighted by Gasteiger charge is -2.35. The summed E-state index contributed by atoms with van der Waals surface area (Å²) in [6, 6.07) is 16.6. The largest absolute Gasteiger partial charge is 0.493 e. The molecule has 2 aromatic rings. The predicted octanol–water partition coefficient (Wildman–Crippen LogP) is 5.56. The first-order valence-electron chi connectivity index (χ1n) is 11.4. The summed E-state index contributed by atoms with van der Waals surface area (Å²) < 4.78 is 5.78. The molecule has 30 heavy (non-hydrogen) atoms. The van der Waals surface area contributed by atoms with Crippen molar-refractivity contribution in [2.45, 2.75) is 58.4 Å². The van der Waals surface area contributed by atoms with Crippen LogP contribution in [0, 0.1) is 0 Å². The van der Waals surface area contributed by atoms with Crippen molar-refractivity contribution in [1.82, 2.24) is 10.2 Å². The van der Waals surface area contributed by atoms with Crippen molar-refractivity contribution >= 4 is 5.91 Å². The van der Waals surface area contributed by atoms with Crippen LogP contribution in [0.3, 0.4) is 0 Å². The van der Waals surface area contributed by atoms with Crippen molar-refractivity contribution in [2.75, 3.05) is 26.2 Å². The Kier molecular flexibility index (Phi) is 8.32. The van der Waals surface area contributed by atoms with Gasteiger partial charge in [-0.1, -0.05) is 63.6 Å². The highest BCUT2D eigenvalue weighted by atomic mass is 16.5. The molecule has 1 N–H and O–H groups in total. The first-order chi connectivity index (χ1) is 14.6. The zero-order valence-electron chi connectivity index (χ0n) is 18.7. The number of likely N-dealkylation sites (tertiary alicyclic amines) is 1. The van der Waals surface area contributed by atoms with E-state index in [-0.39, 0.29) is 11.9 Å². The van der Waals surface area contributed by atoms with Gasteiger partial charge >= 0.3 is 0 Å². The topological polar surface area (TPSA) is 41.6 Å². The molecule has 0 radical (unpaired) electrons. The fraction of sp³-hybridized carbons (Fsp3) is 0.500. The number of piperidine rings is 1. The first-order valence-corrected chi connectivity index (χ1v) is 11.4. The standard InChI is InChI=1S/C26H36N2O2/c1-4-18-30-25-11-7-6-10-23(25)26(29)27-19-24(28-16-8-5-9-17-28)22-14-12-21(13-15-22)20(2)3/h6-7,10-15,20,24H,4-5,8-9,16-19H2,1-3H3,(H,27,29)/t24-/m1/s1. The van der Waals surface area contributed by atoms with Gasteiger partial charge in [0.15, 0.2) is 0 Å². The molecule has 0 spiro atoms. The summed E-state index contributed by atoms with van der Waals surface area (Å²) in [5, 5.41) is 3.19. The van der Waals surface area contributed by atoms with Crippen LogP contribution in [-0.4, -0.2) is 37.0 Å². The van der Waals surface area contributed by atoms with Gasteiger partial charge in [0.25, 0.3) is 5.91 Å². The van der Waals surface area contributed by atoms with Crippen LogP contribution in [0.15, 0.2) is 48.5 Å². The monoisotopic (exact) mass is 408 g/mol. The molecule has 1 atom stereocenters. The quantitative estimate of drug-likeness (QED) is 0.591. The second-order valence-electron chi connectivity index (χ2n) is 8.49. The summed E-state index contributed by atoms with van der Waals surface area (Å²) in [6.45, 7) is 9.89. The summed E-state index contributed by atoms with van der Waals surface area (Å²) in [6.07, 6.45) is 4.66. The summed E-state index contributed by atoms with van der Waals surface area (Å²) in [4.78, 5) is 15.5. The number of rotatable bonds is 9. The first kappa shape index (κ1) is 22.4. The average Bonchev–Trinajstić information content (AvgIpc) is 2.79. The molecule has 1 saturated heterocycles. The van der Waals surface area contributed by atoms with Gasteiger partial charge in [-0.15, -0.1) is 0 Å². The predicted molar refractivity (Wildman–Crippen MR) is 123 cm³/mol. The van der Waals surface area contributed by atoms with E-state index in [2.05, 4.69) is 55.3 Å². The minimum Gasteiger partial charge on any atom is -0.493 e. The number of hydrogen-bond donors (Lipinski definition) is 1. The Hall–Kier alpha value is -2.33. The van der Waals surface area contributed by atoms with Gasteiger partial charge in [0.1, 0.15) is 5.75 Å². The van der Waals surface area contributed by atoms with E-state index in [1.165, 1.54) is 30.4 Å². The molecule has 1 fully saturated rings. The van der Waals surface area contributed by atoms with Crippen LogP contribution in [-0.2, 0) is 0 Å². The third-order valence-corrected chi connectivity index (χ3v) is 5.87. The maximum Gasteiger partial charge on any atom is 0.255 e. The molecule has 0 aromatic heterocycles. The van der Waals surface area contributed by atoms with E-state index in [0.717, 1.165) is 19.5 Å². The van der Waals surface area contributed by atoms with Crippen LogP contribution in [0.1, 0.15) is 79.9 Å². The molecule has 1 aliphatic rings. The third kappa shape index (κ3) is 5.85. The number of ether oxygens (including phenoxy) is 1. The number of hydrogen-bond acceptors (Lipinski definition) is 3. The molecule has 2 aromatic carbocycles. The summed E-state index contributed by atoms with van der Waals surface area (Å²) >= 11 is 0. The fourth-order valence-electron chi connectivity index (χ4n) is 4.07. The highest BCUT2D eigenvalue weighted by Gasteiger charge is 2.24. The van der Waals surface area contributed by atoms with E-state index in [1.54, 1.807) is 0 Å². The van der Waals surface area contributed by atoms with E-state index >= 15 is 0 Å². The molecule has 4 heteroatoms. The van der Waals surface area contributed by atoms with Crippen LogP contribution < -0.4 is 10.1 Å². The van der Waals surface area contributed by atoms with Gasteiger partial charge in [-0.3, -0.25) is 9.69 Å². The van der Waals surface area contributed by atoms with E-state index in [0.29, 0.717) is 30.4 Å². The maximum atomic E-state index is 13.0. The van der Waals surface area contributed by atoms with Crippen molar-refractivity contribution in [3.05, 3.63) is 65.2 Å². The number of para-hydroxylation sites is 1. The minimum atomic E-state index is -0.0671. The van der Waals surface area contributed by atoms with Crippen molar-refractivity contribution in [3.63, 3.8) is 0 Å². The molecule has 1 amide bonds. The molecule has 4 nitrogen and oxygen atoms in total. The van der Waals surface area contributed by atoms with Gasteiger partial charge in [-0.25, -0.2) is 0 Å². The average molecular weight is 409 g/mol.